The normalized spacial score (nSPS) is 15.4. The number of carboxylic acids is 1. The molecule has 0 unspecified atom stereocenters. The second-order valence-corrected chi connectivity index (χ2v) is 5.13. The maximum Gasteiger partial charge on any atom is 0.310 e. The second kappa shape index (κ2) is 4.38. The van der Waals surface area contributed by atoms with E-state index in [1.807, 2.05) is 22.4 Å². The Morgan fingerprint density at radius 1 is 1.44 bits per heavy atom. The lowest BCUT2D eigenvalue weighted by atomic mass is 10.0. The summed E-state index contributed by atoms with van der Waals surface area (Å²) in [6.07, 6.45) is 3.40. The van der Waals surface area contributed by atoms with Crippen LogP contribution in [0.5, 0.6) is 0 Å². The molecular weight excluding hydrogens is 250 g/mol. The number of carbonyl (C=O) groups is 1. The van der Waals surface area contributed by atoms with E-state index in [9.17, 15) is 4.79 Å². The van der Waals surface area contributed by atoms with Crippen molar-refractivity contribution in [2.75, 3.05) is 18.0 Å². The number of rotatable bonds is 3. The first-order valence-electron chi connectivity index (χ1n) is 5.58. The minimum Gasteiger partial charge on any atom is -0.481 e. The molecular formula is C12H11N3O2S. The van der Waals surface area contributed by atoms with Gasteiger partial charge in [-0.25, -0.2) is 4.98 Å². The lowest BCUT2D eigenvalue weighted by molar-refractivity contribution is -0.142. The van der Waals surface area contributed by atoms with Gasteiger partial charge in [-0.15, -0.1) is 11.3 Å². The van der Waals surface area contributed by atoms with E-state index < -0.39 is 5.97 Å². The molecule has 92 valence electrons. The van der Waals surface area contributed by atoms with Crippen molar-refractivity contribution in [2.45, 2.75) is 0 Å². The first kappa shape index (κ1) is 11.2. The highest BCUT2D eigenvalue weighted by Gasteiger charge is 2.33. The van der Waals surface area contributed by atoms with Crippen LogP contribution in [0.25, 0.3) is 10.6 Å². The number of aliphatic carboxylic acids is 1. The largest absolute Gasteiger partial charge is 0.481 e. The predicted molar refractivity (Wildman–Crippen MR) is 68.7 cm³/mol. The highest BCUT2D eigenvalue weighted by atomic mass is 32.1. The number of anilines is 1. The van der Waals surface area contributed by atoms with Crippen LogP contribution >= 0.6 is 11.3 Å². The number of carboxylic acid groups (broad SMARTS) is 1. The summed E-state index contributed by atoms with van der Waals surface area (Å²) in [6.45, 7) is 1.02. The number of nitrogens with zero attached hydrogens (tertiary/aromatic N) is 3. The topological polar surface area (TPSA) is 66.3 Å². The highest BCUT2D eigenvalue weighted by molar-refractivity contribution is 7.13. The quantitative estimate of drug-likeness (QED) is 0.911. The van der Waals surface area contributed by atoms with Crippen molar-refractivity contribution >= 4 is 23.1 Å². The second-order valence-electron chi connectivity index (χ2n) is 4.18. The fourth-order valence-electron chi connectivity index (χ4n) is 1.87. The summed E-state index contributed by atoms with van der Waals surface area (Å²) < 4.78 is 0. The maximum absolute atomic E-state index is 10.8. The van der Waals surface area contributed by atoms with Gasteiger partial charge in [0.1, 0.15) is 11.5 Å². The van der Waals surface area contributed by atoms with Gasteiger partial charge in [-0.2, -0.15) is 0 Å². The van der Waals surface area contributed by atoms with Gasteiger partial charge in [0, 0.05) is 13.1 Å². The molecule has 0 aromatic carbocycles. The Balaban J connectivity index is 1.79. The third kappa shape index (κ3) is 1.95. The van der Waals surface area contributed by atoms with Crippen molar-refractivity contribution in [3.8, 4) is 10.6 Å². The van der Waals surface area contributed by atoms with Crippen LogP contribution in [0.4, 0.5) is 5.82 Å². The Morgan fingerprint density at radius 3 is 2.94 bits per heavy atom. The first-order chi connectivity index (χ1) is 8.74. The molecule has 6 heteroatoms. The Bertz CT molecular complexity index is 564. The molecule has 0 saturated carbocycles. The Kier molecular flexibility index (Phi) is 2.71. The first-order valence-corrected chi connectivity index (χ1v) is 6.45. The third-order valence-corrected chi connectivity index (χ3v) is 3.84. The summed E-state index contributed by atoms with van der Waals surface area (Å²) >= 11 is 1.61. The van der Waals surface area contributed by atoms with Gasteiger partial charge in [0.15, 0.2) is 0 Å². The van der Waals surface area contributed by atoms with E-state index in [0.717, 1.165) is 16.4 Å². The average molecular weight is 261 g/mol. The Morgan fingerprint density at radius 2 is 2.28 bits per heavy atom. The molecule has 2 aromatic rings. The smallest absolute Gasteiger partial charge is 0.310 e. The monoisotopic (exact) mass is 261 g/mol. The van der Waals surface area contributed by atoms with Crippen LogP contribution in [0.2, 0.25) is 0 Å². The van der Waals surface area contributed by atoms with Crippen molar-refractivity contribution in [2.24, 2.45) is 5.92 Å². The molecule has 0 radical (unpaired) electrons. The highest BCUT2D eigenvalue weighted by Crippen LogP contribution is 2.27. The van der Waals surface area contributed by atoms with E-state index in [1.54, 1.807) is 23.7 Å². The zero-order valence-electron chi connectivity index (χ0n) is 9.48. The lowest BCUT2D eigenvalue weighted by Crippen LogP contribution is -2.50. The fourth-order valence-corrected chi connectivity index (χ4v) is 2.55. The Labute approximate surface area is 108 Å². The lowest BCUT2D eigenvalue weighted by Gasteiger charge is -2.37. The molecule has 3 heterocycles. The molecule has 2 aromatic heterocycles. The van der Waals surface area contributed by atoms with Crippen LogP contribution in [0.1, 0.15) is 0 Å². The molecule has 1 aliphatic rings. The summed E-state index contributed by atoms with van der Waals surface area (Å²) in [4.78, 5) is 22.4. The molecule has 1 saturated heterocycles. The average Bonchev–Trinajstić information content (AvgIpc) is 2.80. The molecule has 0 bridgehead atoms. The van der Waals surface area contributed by atoms with Gasteiger partial charge in [-0.05, 0) is 11.4 Å². The summed E-state index contributed by atoms with van der Waals surface area (Å²) in [5, 5.41) is 10.8. The SMILES string of the molecule is O=C(O)C1CN(c2cncc(-c3cccs3)n2)C1. The van der Waals surface area contributed by atoms with Crippen molar-refractivity contribution in [3.05, 3.63) is 29.9 Å². The van der Waals surface area contributed by atoms with E-state index in [0.29, 0.717) is 13.1 Å². The van der Waals surface area contributed by atoms with Crippen LogP contribution in [0.15, 0.2) is 29.9 Å². The molecule has 0 aliphatic carbocycles. The van der Waals surface area contributed by atoms with Crippen LogP contribution in [0, 0.1) is 5.92 Å². The van der Waals surface area contributed by atoms with E-state index in [-0.39, 0.29) is 5.92 Å². The summed E-state index contributed by atoms with van der Waals surface area (Å²) in [7, 11) is 0. The Hall–Kier alpha value is -1.95. The van der Waals surface area contributed by atoms with Crippen LogP contribution in [-0.4, -0.2) is 34.1 Å². The van der Waals surface area contributed by atoms with Crippen molar-refractivity contribution in [1.82, 2.24) is 9.97 Å². The molecule has 18 heavy (non-hydrogen) atoms. The molecule has 0 spiro atoms. The van der Waals surface area contributed by atoms with Gasteiger partial charge < -0.3 is 10.0 Å². The number of hydrogen-bond donors (Lipinski definition) is 1. The number of hydrogen-bond acceptors (Lipinski definition) is 5. The van der Waals surface area contributed by atoms with E-state index in [2.05, 4.69) is 9.97 Å². The fraction of sp³-hybridized carbons (Fsp3) is 0.250. The van der Waals surface area contributed by atoms with Crippen LogP contribution in [0.3, 0.4) is 0 Å². The minimum atomic E-state index is -0.742. The van der Waals surface area contributed by atoms with Crippen molar-refractivity contribution in [1.29, 1.82) is 0 Å². The molecule has 0 atom stereocenters. The van der Waals surface area contributed by atoms with Gasteiger partial charge >= 0.3 is 5.97 Å². The minimum absolute atomic E-state index is 0.280. The number of aromatic nitrogens is 2. The summed E-state index contributed by atoms with van der Waals surface area (Å²) in [5.74, 6) is -0.274. The van der Waals surface area contributed by atoms with Gasteiger partial charge in [0.2, 0.25) is 0 Å². The van der Waals surface area contributed by atoms with Gasteiger partial charge in [0.25, 0.3) is 0 Å². The zero-order chi connectivity index (χ0) is 12.5. The van der Waals surface area contributed by atoms with Gasteiger partial charge in [-0.3, -0.25) is 9.78 Å². The van der Waals surface area contributed by atoms with Gasteiger partial charge in [0.05, 0.1) is 23.2 Å². The molecule has 1 aliphatic heterocycles. The maximum atomic E-state index is 10.8. The van der Waals surface area contributed by atoms with E-state index in [1.165, 1.54) is 0 Å². The number of thiophene rings is 1. The molecule has 0 amide bonds. The third-order valence-electron chi connectivity index (χ3n) is 2.95. The predicted octanol–water partition coefficient (Wildman–Crippen LogP) is 1.73. The van der Waals surface area contributed by atoms with E-state index >= 15 is 0 Å². The van der Waals surface area contributed by atoms with Crippen LogP contribution < -0.4 is 4.90 Å². The zero-order valence-corrected chi connectivity index (χ0v) is 10.3. The van der Waals surface area contributed by atoms with Crippen molar-refractivity contribution < 1.29 is 9.90 Å². The van der Waals surface area contributed by atoms with E-state index in [4.69, 9.17) is 5.11 Å². The van der Waals surface area contributed by atoms with Crippen LogP contribution in [-0.2, 0) is 4.79 Å². The van der Waals surface area contributed by atoms with Crippen molar-refractivity contribution in [3.63, 3.8) is 0 Å². The standard InChI is InChI=1S/C12H11N3O2S/c16-12(17)8-6-15(7-8)11-5-13-4-9(14-11)10-2-1-3-18-10/h1-5,8H,6-7H2,(H,16,17). The van der Waals surface area contributed by atoms with Gasteiger partial charge in [-0.1, -0.05) is 6.07 Å². The summed E-state index contributed by atoms with van der Waals surface area (Å²) in [6, 6.07) is 3.97. The molecule has 3 rings (SSSR count). The molecule has 1 N–H and O–H groups in total. The molecule has 1 fully saturated rings. The molecule has 5 nitrogen and oxygen atoms in total. The summed E-state index contributed by atoms with van der Waals surface area (Å²) in [5.41, 5.74) is 0.835.